The second-order valence-electron chi connectivity index (χ2n) is 6.95. The van der Waals surface area contributed by atoms with Gasteiger partial charge in [0.1, 0.15) is 5.82 Å². The molecule has 1 atom stereocenters. The summed E-state index contributed by atoms with van der Waals surface area (Å²) in [6.07, 6.45) is 6.08. The first-order chi connectivity index (χ1) is 14.1. The number of halogens is 2. The van der Waals surface area contributed by atoms with Gasteiger partial charge in [0, 0.05) is 30.1 Å². The number of nitrogens with one attached hydrogen (secondary N) is 1. The molecule has 0 saturated heterocycles. The van der Waals surface area contributed by atoms with Crippen molar-refractivity contribution in [1.29, 1.82) is 0 Å². The number of aromatic nitrogens is 3. The average molecular weight is 413 g/mol. The van der Waals surface area contributed by atoms with Crippen LogP contribution in [0, 0.1) is 5.82 Å². The predicted molar refractivity (Wildman–Crippen MR) is 115 cm³/mol. The van der Waals surface area contributed by atoms with Gasteiger partial charge in [-0.3, -0.25) is 4.99 Å². The van der Waals surface area contributed by atoms with Crippen LogP contribution < -0.4 is 11.1 Å². The first kappa shape index (κ1) is 19.4. The maximum absolute atomic E-state index is 13.5. The molecule has 1 aromatic carbocycles. The van der Waals surface area contributed by atoms with Crippen molar-refractivity contribution >= 4 is 28.9 Å². The highest BCUT2D eigenvalue weighted by Crippen LogP contribution is 2.29. The van der Waals surface area contributed by atoms with Gasteiger partial charge >= 0.3 is 0 Å². The molecule has 29 heavy (non-hydrogen) atoms. The average Bonchev–Trinajstić information content (AvgIpc) is 3.13. The Hall–Kier alpha value is -2.93. The molecule has 6 nitrogen and oxygen atoms in total. The predicted octanol–water partition coefficient (Wildman–Crippen LogP) is 4.46. The van der Waals surface area contributed by atoms with E-state index in [4.69, 9.17) is 17.3 Å². The van der Waals surface area contributed by atoms with Crippen molar-refractivity contribution in [1.82, 2.24) is 14.6 Å². The molecule has 1 unspecified atom stereocenters. The molecule has 0 amide bonds. The van der Waals surface area contributed by atoms with E-state index in [9.17, 15) is 4.39 Å². The van der Waals surface area contributed by atoms with Gasteiger partial charge in [-0.2, -0.15) is 4.98 Å². The summed E-state index contributed by atoms with van der Waals surface area (Å²) in [6.45, 7) is 2.78. The lowest BCUT2D eigenvalue weighted by atomic mass is 9.89. The van der Waals surface area contributed by atoms with Gasteiger partial charge < -0.3 is 11.1 Å². The second kappa shape index (κ2) is 8.21. The van der Waals surface area contributed by atoms with Crippen molar-refractivity contribution < 1.29 is 4.39 Å². The van der Waals surface area contributed by atoms with E-state index < -0.39 is 5.82 Å². The van der Waals surface area contributed by atoms with Crippen LogP contribution in [0.3, 0.4) is 0 Å². The van der Waals surface area contributed by atoms with E-state index in [2.05, 4.69) is 20.4 Å². The SMILES string of the molecule is CCN=C1CCC(Nc2nc3c(-c4ccc(F)c(Cl)c4)cccn3n2)CC1=CN. The lowest BCUT2D eigenvalue weighted by Crippen LogP contribution is -2.29. The van der Waals surface area contributed by atoms with Gasteiger partial charge in [-0.05, 0) is 67.8 Å². The minimum Gasteiger partial charge on any atom is -0.404 e. The molecule has 0 bridgehead atoms. The Kier molecular flexibility index (Phi) is 5.49. The van der Waals surface area contributed by atoms with Gasteiger partial charge in [0.2, 0.25) is 5.95 Å². The molecule has 0 radical (unpaired) electrons. The van der Waals surface area contributed by atoms with E-state index in [-0.39, 0.29) is 11.1 Å². The normalized spacial score (nSPS) is 19.9. The zero-order valence-electron chi connectivity index (χ0n) is 16.1. The highest BCUT2D eigenvalue weighted by molar-refractivity contribution is 6.31. The summed E-state index contributed by atoms with van der Waals surface area (Å²) >= 11 is 5.96. The third kappa shape index (κ3) is 3.96. The number of hydrogen-bond acceptors (Lipinski definition) is 5. The molecule has 150 valence electrons. The Bertz CT molecular complexity index is 1100. The molecule has 0 aliphatic heterocycles. The largest absolute Gasteiger partial charge is 0.404 e. The fraction of sp³-hybridized carbons (Fsp3) is 0.286. The summed E-state index contributed by atoms with van der Waals surface area (Å²) in [5.41, 5.74) is 10.3. The number of fused-ring (bicyclic) bond motifs is 1. The van der Waals surface area contributed by atoms with Crippen LogP contribution in [-0.4, -0.2) is 32.9 Å². The third-order valence-electron chi connectivity index (χ3n) is 5.04. The summed E-state index contributed by atoms with van der Waals surface area (Å²) in [5.74, 6) is 0.0983. The molecular formula is C21H22ClFN6. The van der Waals surface area contributed by atoms with Crippen LogP contribution in [0.25, 0.3) is 16.8 Å². The molecule has 2 aromatic heterocycles. The van der Waals surface area contributed by atoms with E-state index >= 15 is 0 Å². The molecule has 1 fully saturated rings. The van der Waals surface area contributed by atoms with Crippen LogP contribution in [0.2, 0.25) is 5.02 Å². The number of pyridine rings is 1. The smallest absolute Gasteiger partial charge is 0.243 e. The zero-order valence-corrected chi connectivity index (χ0v) is 16.8. The number of benzene rings is 1. The first-order valence-corrected chi connectivity index (χ1v) is 9.98. The highest BCUT2D eigenvalue weighted by atomic mass is 35.5. The Morgan fingerprint density at radius 3 is 3.03 bits per heavy atom. The molecule has 2 heterocycles. The van der Waals surface area contributed by atoms with Crippen molar-refractivity contribution in [3.8, 4) is 11.1 Å². The zero-order chi connectivity index (χ0) is 20.4. The number of nitrogens with two attached hydrogens (primary N) is 1. The van der Waals surface area contributed by atoms with Gasteiger partial charge in [-0.25, -0.2) is 8.91 Å². The Morgan fingerprint density at radius 2 is 2.28 bits per heavy atom. The van der Waals surface area contributed by atoms with Crippen molar-refractivity contribution in [3.05, 3.63) is 59.1 Å². The van der Waals surface area contributed by atoms with Crippen molar-refractivity contribution in [2.75, 3.05) is 11.9 Å². The Morgan fingerprint density at radius 1 is 1.41 bits per heavy atom. The minimum absolute atomic E-state index is 0.0789. The molecule has 3 N–H and O–H groups in total. The maximum Gasteiger partial charge on any atom is 0.243 e. The van der Waals surface area contributed by atoms with E-state index in [0.29, 0.717) is 11.6 Å². The first-order valence-electron chi connectivity index (χ1n) is 9.61. The van der Waals surface area contributed by atoms with Gasteiger partial charge in [-0.1, -0.05) is 17.7 Å². The quantitative estimate of drug-likeness (QED) is 0.663. The summed E-state index contributed by atoms with van der Waals surface area (Å²) in [7, 11) is 0. The van der Waals surface area contributed by atoms with Gasteiger partial charge in [0.05, 0.1) is 5.02 Å². The van der Waals surface area contributed by atoms with Crippen LogP contribution in [0.1, 0.15) is 26.2 Å². The van der Waals surface area contributed by atoms with Crippen LogP contribution in [0.4, 0.5) is 10.3 Å². The molecule has 3 aromatic rings. The van der Waals surface area contributed by atoms with E-state index in [0.717, 1.165) is 48.2 Å². The van der Waals surface area contributed by atoms with Gasteiger partial charge in [0.15, 0.2) is 5.65 Å². The number of hydrogen-bond donors (Lipinski definition) is 2. The van der Waals surface area contributed by atoms with Crippen molar-refractivity contribution in [2.45, 2.75) is 32.2 Å². The number of anilines is 1. The number of rotatable bonds is 4. The van der Waals surface area contributed by atoms with Crippen LogP contribution in [0.15, 0.2) is 53.3 Å². The Labute approximate surface area is 173 Å². The van der Waals surface area contributed by atoms with Crippen molar-refractivity contribution in [2.24, 2.45) is 10.7 Å². The van der Waals surface area contributed by atoms with E-state index in [1.54, 1.807) is 22.8 Å². The molecule has 0 spiro atoms. The lowest BCUT2D eigenvalue weighted by Gasteiger charge is -2.25. The summed E-state index contributed by atoms with van der Waals surface area (Å²) in [5, 5.41) is 8.04. The number of nitrogens with zero attached hydrogens (tertiary/aromatic N) is 4. The fourth-order valence-corrected chi connectivity index (χ4v) is 3.84. The third-order valence-corrected chi connectivity index (χ3v) is 5.33. The summed E-state index contributed by atoms with van der Waals surface area (Å²) in [4.78, 5) is 9.20. The standard InChI is InChI=1S/C21H22ClFN6/c1-2-25-19-8-6-15(10-14(19)12-24)26-21-27-20-16(4-3-9-29(20)28-21)13-5-7-18(23)17(22)11-13/h3-5,7,9,11-12,15H,2,6,8,10,24H2,1H3,(H,26,28). The van der Waals surface area contributed by atoms with Crippen LogP contribution in [0.5, 0.6) is 0 Å². The summed E-state index contributed by atoms with van der Waals surface area (Å²) in [6, 6.07) is 8.62. The van der Waals surface area contributed by atoms with Crippen LogP contribution >= 0.6 is 11.6 Å². The molecular weight excluding hydrogens is 391 g/mol. The molecule has 1 aliphatic carbocycles. The molecule has 1 saturated carbocycles. The topological polar surface area (TPSA) is 80.6 Å². The molecule has 1 aliphatic rings. The Balaban J connectivity index is 1.60. The molecule has 4 rings (SSSR count). The van der Waals surface area contributed by atoms with Crippen molar-refractivity contribution in [3.63, 3.8) is 0 Å². The van der Waals surface area contributed by atoms with Gasteiger partial charge in [-0.15, -0.1) is 5.10 Å². The number of aliphatic imine (C=N–C) groups is 1. The second-order valence-corrected chi connectivity index (χ2v) is 7.36. The highest BCUT2D eigenvalue weighted by Gasteiger charge is 2.23. The van der Waals surface area contributed by atoms with Crippen LogP contribution in [-0.2, 0) is 0 Å². The summed E-state index contributed by atoms with van der Waals surface area (Å²) < 4.78 is 15.2. The molecule has 8 heteroatoms. The monoisotopic (exact) mass is 412 g/mol. The maximum atomic E-state index is 13.5. The van der Waals surface area contributed by atoms with E-state index in [1.165, 1.54) is 6.07 Å². The lowest BCUT2D eigenvalue weighted by molar-refractivity contribution is 0.628. The van der Waals surface area contributed by atoms with Gasteiger partial charge in [0.25, 0.3) is 0 Å². The minimum atomic E-state index is -0.446. The fourth-order valence-electron chi connectivity index (χ4n) is 3.65. The van der Waals surface area contributed by atoms with E-state index in [1.807, 2.05) is 25.3 Å².